The second-order valence-corrected chi connectivity index (χ2v) is 8.77. The lowest BCUT2D eigenvalue weighted by atomic mass is 9.88. The van der Waals surface area contributed by atoms with E-state index < -0.39 is 0 Å². The molecule has 0 aliphatic heterocycles. The van der Waals surface area contributed by atoms with Crippen molar-refractivity contribution in [3.63, 3.8) is 0 Å². The highest BCUT2D eigenvalue weighted by molar-refractivity contribution is 6.05. The van der Waals surface area contributed by atoms with Crippen LogP contribution in [-0.2, 0) is 11.2 Å². The van der Waals surface area contributed by atoms with E-state index in [1.165, 1.54) is 19.8 Å². The minimum Gasteiger partial charge on any atom is -0.426 e. The van der Waals surface area contributed by atoms with Gasteiger partial charge in [-0.05, 0) is 59.9 Å². The summed E-state index contributed by atoms with van der Waals surface area (Å²) in [6.45, 7) is 9.86. The minimum absolute atomic E-state index is 0.0189. The molecule has 0 saturated heterocycles. The molecule has 1 fully saturated rings. The van der Waals surface area contributed by atoms with Crippen LogP contribution in [-0.4, -0.2) is 29.3 Å². The Hall–Kier alpha value is -2.79. The zero-order chi connectivity index (χ0) is 23.8. The Labute approximate surface area is 191 Å². The molecule has 2 aromatic rings. The monoisotopic (exact) mass is 436 g/mol. The van der Waals surface area contributed by atoms with Crippen LogP contribution in [0.1, 0.15) is 68.9 Å². The van der Waals surface area contributed by atoms with Crippen molar-refractivity contribution in [2.24, 2.45) is 17.8 Å². The Morgan fingerprint density at radius 2 is 1.72 bits per heavy atom. The van der Waals surface area contributed by atoms with E-state index in [2.05, 4.69) is 13.8 Å². The van der Waals surface area contributed by atoms with Crippen LogP contribution in [0.3, 0.4) is 0 Å². The first-order valence-electron chi connectivity index (χ1n) is 11.4. The second kappa shape index (κ2) is 11.7. The van der Waals surface area contributed by atoms with Gasteiger partial charge in [0.15, 0.2) is 11.7 Å². The van der Waals surface area contributed by atoms with Crippen molar-refractivity contribution in [2.45, 2.75) is 53.9 Å². The Kier molecular flexibility index (Phi) is 9.33. The number of aliphatic hydroxyl groups excluding tert-OH is 1. The van der Waals surface area contributed by atoms with Crippen LogP contribution in [0.25, 0.3) is 11.1 Å². The molecule has 1 aliphatic carbocycles. The first-order valence-corrected chi connectivity index (χ1v) is 11.4. The van der Waals surface area contributed by atoms with Crippen molar-refractivity contribution in [3.05, 3.63) is 59.2 Å². The standard InChI is InChI=1S/C21H24N2O2.C6H12O/c1-5-15-7-6-8-18(19(15)20(24)13(2)3)16-9-11-17(12-10-16)21(23)25-14(4)22;1-5(4-7)6-2-3-6/h6-13,22-23H,5H2,1-4H3;5-7H,2-4H2,1H3. The van der Waals surface area contributed by atoms with E-state index in [9.17, 15) is 4.79 Å². The number of rotatable bonds is 7. The molecular formula is C27H36N2O3. The summed E-state index contributed by atoms with van der Waals surface area (Å²) in [6, 6.07) is 13.3. The first-order chi connectivity index (χ1) is 15.2. The quantitative estimate of drug-likeness (QED) is 0.277. The lowest BCUT2D eigenvalue weighted by molar-refractivity contribution is 0.0939. The number of carbonyl (C=O) groups excluding carboxylic acids is 1. The van der Waals surface area contributed by atoms with Gasteiger partial charge in [-0.2, -0.15) is 0 Å². The van der Waals surface area contributed by atoms with E-state index >= 15 is 0 Å². The average molecular weight is 437 g/mol. The molecular weight excluding hydrogens is 400 g/mol. The summed E-state index contributed by atoms with van der Waals surface area (Å²) in [4.78, 5) is 12.7. The molecule has 1 unspecified atom stereocenters. The van der Waals surface area contributed by atoms with Gasteiger partial charge in [0.2, 0.25) is 5.90 Å². The van der Waals surface area contributed by atoms with E-state index in [0.29, 0.717) is 18.1 Å². The lowest BCUT2D eigenvalue weighted by Gasteiger charge is -2.15. The summed E-state index contributed by atoms with van der Waals surface area (Å²) in [5.74, 6) is 1.44. The maximum absolute atomic E-state index is 12.7. The van der Waals surface area contributed by atoms with E-state index in [4.69, 9.17) is 20.7 Å². The summed E-state index contributed by atoms with van der Waals surface area (Å²) < 4.78 is 5.02. The van der Waals surface area contributed by atoms with Gasteiger partial charge >= 0.3 is 0 Å². The topological polar surface area (TPSA) is 94.2 Å². The number of ether oxygens (including phenoxy) is 1. The summed E-state index contributed by atoms with van der Waals surface area (Å²) >= 11 is 0. The Bertz CT molecular complexity index is 944. The number of carbonyl (C=O) groups is 1. The summed E-state index contributed by atoms with van der Waals surface area (Å²) in [7, 11) is 0. The Morgan fingerprint density at radius 3 is 2.16 bits per heavy atom. The van der Waals surface area contributed by atoms with Crippen LogP contribution in [0.2, 0.25) is 0 Å². The van der Waals surface area contributed by atoms with Gasteiger partial charge in [0.05, 0.1) is 0 Å². The molecule has 0 amide bonds. The summed E-state index contributed by atoms with van der Waals surface area (Å²) in [5.41, 5.74) is 4.28. The van der Waals surface area contributed by atoms with Crippen molar-refractivity contribution in [1.82, 2.24) is 0 Å². The molecule has 0 radical (unpaired) electrons. The number of hydrogen-bond donors (Lipinski definition) is 3. The molecule has 32 heavy (non-hydrogen) atoms. The molecule has 5 nitrogen and oxygen atoms in total. The lowest BCUT2D eigenvalue weighted by Crippen LogP contribution is -2.12. The van der Waals surface area contributed by atoms with Crippen LogP contribution in [0.4, 0.5) is 0 Å². The maximum Gasteiger partial charge on any atom is 0.220 e. The van der Waals surface area contributed by atoms with Crippen LogP contribution in [0.5, 0.6) is 0 Å². The minimum atomic E-state index is -0.0668. The zero-order valence-corrected chi connectivity index (χ0v) is 19.9. The van der Waals surface area contributed by atoms with Crippen molar-refractivity contribution >= 4 is 17.6 Å². The van der Waals surface area contributed by atoms with Gasteiger partial charge in [-0.25, -0.2) is 0 Å². The van der Waals surface area contributed by atoms with Gasteiger partial charge in [-0.1, -0.05) is 58.0 Å². The van der Waals surface area contributed by atoms with Gasteiger partial charge in [0.25, 0.3) is 0 Å². The fraction of sp³-hybridized carbons (Fsp3) is 0.444. The van der Waals surface area contributed by atoms with Gasteiger partial charge in [0.1, 0.15) is 0 Å². The number of aryl methyl sites for hydroxylation is 1. The number of hydrogen-bond acceptors (Lipinski definition) is 5. The second-order valence-electron chi connectivity index (χ2n) is 8.77. The molecule has 1 atom stereocenters. The third-order valence-electron chi connectivity index (χ3n) is 5.73. The largest absolute Gasteiger partial charge is 0.426 e. The smallest absolute Gasteiger partial charge is 0.220 e. The van der Waals surface area contributed by atoms with Crippen molar-refractivity contribution in [1.29, 1.82) is 10.8 Å². The molecule has 0 bridgehead atoms. The van der Waals surface area contributed by atoms with E-state index in [-0.39, 0.29) is 23.5 Å². The van der Waals surface area contributed by atoms with Gasteiger partial charge in [0, 0.05) is 30.6 Å². The number of nitrogens with one attached hydrogen (secondary N) is 2. The van der Waals surface area contributed by atoms with Gasteiger partial charge in [-0.3, -0.25) is 15.6 Å². The molecule has 1 saturated carbocycles. The normalized spacial score (nSPS) is 13.7. The molecule has 3 rings (SSSR count). The van der Waals surface area contributed by atoms with E-state index in [0.717, 1.165) is 34.6 Å². The maximum atomic E-state index is 12.7. The predicted molar refractivity (Wildman–Crippen MR) is 131 cm³/mol. The molecule has 172 valence electrons. The molecule has 0 heterocycles. The molecule has 3 N–H and O–H groups in total. The molecule has 1 aliphatic rings. The predicted octanol–water partition coefficient (Wildman–Crippen LogP) is 6.12. The third-order valence-corrected chi connectivity index (χ3v) is 5.73. The average Bonchev–Trinajstić information content (AvgIpc) is 3.63. The van der Waals surface area contributed by atoms with Crippen LogP contribution in [0, 0.1) is 28.6 Å². The third kappa shape index (κ3) is 6.86. The molecule has 5 heteroatoms. The van der Waals surface area contributed by atoms with E-state index in [1.54, 1.807) is 12.1 Å². The van der Waals surface area contributed by atoms with Gasteiger partial charge in [-0.15, -0.1) is 0 Å². The zero-order valence-electron chi connectivity index (χ0n) is 19.9. The fourth-order valence-electron chi connectivity index (χ4n) is 3.54. The number of Topliss-reactive ketones (excluding diaryl/α,β-unsaturated/α-hetero) is 1. The van der Waals surface area contributed by atoms with Crippen molar-refractivity contribution in [3.8, 4) is 11.1 Å². The van der Waals surface area contributed by atoms with Crippen LogP contribution >= 0.6 is 0 Å². The van der Waals surface area contributed by atoms with Crippen LogP contribution in [0.15, 0.2) is 42.5 Å². The molecule has 0 aromatic heterocycles. The van der Waals surface area contributed by atoms with E-state index in [1.807, 2.05) is 44.2 Å². The summed E-state index contributed by atoms with van der Waals surface area (Å²) in [6.07, 6.45) is 3.50. The Morgan fingerprint density at radius 1 is 1.09 bits per heavy atom. The number of ketones is 1. The van der Waals surface area contributed by atoms with Crippen molar-refractivity contribution < 1.29 is 14.6 Å². The summed E-state index contributed by atoms with van der Waals surface area (Å²) in [5, 5.41) is 23.7. The first kappa shape index (κ1) is 25.5. The molecule has 2 aromatic carbocycles. The highest BCUT2D eigenvalue weighted by atomic mass is 16.5. The van der Waals surface area contributed by atoms with Crippen molar-refractivity contribution in [2.75, 3.05) is 6.61 Å². The van der Waals surface area contributed by atoms with Gasteiger partial charge < -0.3 is 9.84 Å². The molecule has 0 spiro atoms. The highest BCUT2D eigenvalue weighted by Crippen LogP contribution is 2.36. The number of aliphatic hydroxyl groups is 1. The van der Waals surface area contributed by atoms with Crippen LogP contribution < -0.4 is 0 Å². The Balaban J connectivity index is 0.000000439. The number of benzene rings is 2. The fourth-order valence-corrected chi connectivity index (χ4v) is 3.54. The highest BCUT2D eigenvalue weighted by Gasteiger charge is 2.26. The SMILES string of the molecule is CC(CO)C1CC1.CCc1cccc(-c2ccc(C(=N)OC(C)=N)cc2)c1C(=O)C(C)C.